The third kappa shape index (κ3) is 4.50. The van der Waals surface area contributed by atoms with Gasteiger partial charge in [0.15, 0.2) is 5.78 Å². The maximum atomic E-state index is 12.0. The van der Waals surface area contributed by atoms with Crippen LogP contribution in [-0.2, 0) is 9.59 Å². The molecule has 2 aromatic rings. The summed E-state index contributed by atoms with van der Waals surface area (Å²) in [5.74, 6) is -1.42. The average Bonchev–Trinajstić information content (AvgIpc) is 2.56. The summed E-state index contributed by atoms with van der Waals surface area (Å²) < 4.78 is 5.65. The van der Waals surface area contributed by atoms with Gasteiger partial charge in [0.2, 0.25) is 5.78 Å². The van der Waals surface area contributed by atoms with Gasteiger partial charge in [-0.15, -0.1) is 0 Å². The number of carbonyl (C=O) groups is 3. The maximum absolute atomic E-state index is 12.0. The molecule has 0 aliphatic rings. The summed E-state index contributed by atoms with van der Waals surface area (Å²) in [5.41, 5.74) is 0.829. The molecule has 0 aromatic heterocycles. The van der Waals surface area contributed by atoms with Crippen LogP contribution in [0.4, 0.5) is 5.69 Å². The fourth-order valence-corrected chi connectivity index (χ4v) is 2.24. The Morgan fingerprint density at radius 3 is 2.30 bits per heavy atom. The number of amides is 1. The summed E-state index contributed by atoms with van der Waals surface area (Å²) in [4.78, 5) is 35.8. The molecule has 1 amide bonds. The molecular weight excluding hydrogens is 362 g/mol. The molecule has 0 unspecified atom stereocenters. The van der Waals surface area contributed by atoms with E-state index in [1.165, 1.54) is 7.11 Å². The van der Waals surface area contributed by atoms with E-state index in [2.05, 4.69) is 21.2 Å². The van der Waals surface area contributed by atoms with Gasteiger partial charge in [0.1, 0.15) is 5.75 Å². The number of hydrogen-bond donors (Lipinski definition) is 1. The molecule has 0 spiro atoms. The lowest BCUT2D eigenvalue weighted by atomic mass is 10.1. The number of anilines is 1. The predicted octanol–water partition coefficient (Wildman–Crippen LogP) is 3.24. The predicted molar refractivity (Wildman–Crippen MR) is 89.7 cm³/mol. The lowest BCUT2D eigenvalue weighted by Gasteiger charge is -2.06. The summed E-state index contributed by atoms with van der Waals surface area (Å²) in [5, 5.41) is 2.48. The number of methoxy groups -OCH3 is 1. The highest BCUT2D eigenvalue weighted by molar-refractivity contribution is 9.10. The molecule has 118 valence electrons. The van der Waals surface area contributed by atoms with Gasteiger partial charge in [-0.05, 0) is 52.3 Å². The molecular formula is C17H14BrNO4. The normalized spacial score (nSPS) is 10.0. The van der Waals surface area contributed by atoms with Gasteiger partial charge in [-0.2, -0.15) is 0 Å². The number of carbonyl (C=O) groups excluding carboxylic acids is 3. The molecule has 0 aliphatic heterocycles. The highest BCUT2D eigenvalue weighted by Gasteiger charge is 2.19. The number of para-hydroxylation sites is 1. The molecule has 6 heteroatoms. The van der Waals surface area contributed by atoms with Gasteiger partial charge in [0, 0.05) is 10.0 Å². The maximum Gasteiger partial charge on any atom is 0.292 e. The third-order valence-electron chi connectivity index (χ3n) is 3.11. The van der Waals surface area contributed by atoms with Crippen LogP contribution in [-0.4, -0.2) is 24.6 Å². The minimum Gasteiger partial charge on any atom is -0.497 e. The van der Waals surface area contributed by atoms with Crippen LogP contribution in [0, 0.1) is 0 Å². The first-order valence-electron chi connectivity index (χ1n) is 6.77. The van der Waals surface area contributed by atoms with Gasteiger partial charge < -0.3 is 10.1 Å². The lowest BCUT2D eigenvalue weighted by Crippen LogP contribution is -2.25. The summed E-state index contributed by atoms with van der Waals surface area (Å²) in [7, 11) is 1.52. The Balaban J connectivity index is 1.98. The number of ether oxygens (including phenoxy) is 1. The molecule has 0 radical (unpaired) electrons. The number of hydrogen-bond acceptors (Lipinski definition) is 4. The zero-order valence-corrected chi connectivity index (χ0v) is 13.9. The van der Waals surface area contributed by atoms with E-state index in [1.54, 1.807) is 48.5 Å². The molecule has 0 heterocycles. The fourth-order valence-electron chi connectivity index (χ4n) is 1.86. The van der Waals surface area contributed by atoms with E-state index in [4.69, 9.17) is 4.74 Å². The quantitative estimate of drug-likeness (QED) is 0.477. The number of ketones is 2. The SMILES string of the molecule is COc1ccc(C(=O)CC(=O)C(=O)Nc2ccccc2Br)cc1. The summed E-state index contributed by atoms with van der Waals surface area (Å²) in [6.45, 7) is 0. The molecule has 2 aromatic carbocycles. The number of halogens is 1. The second-order valence-corrected chi connectivity index (χ2v) is 5.54. The minimum absolute atomic E-state index is 0.354. The van der Waals surface area contributed by atoms with E-state index in [-0.39, 0.29) is 0 Å². The second-order valence-electron chi connectivity index (χ2n) is 4.69. The Bertz CT molecular complexity index is 741. The van der Waals surface area contributed by atoms with E-state index in [9.17, 15) is 14.4 Å². The molecule has 0 aliphatic carbocycles. The Labute approximate surface area is 141 Å². The largest absolute Gasteiger partial charge is 0.497 e. The molecule has 2 rings (SSSR count). The number of rotatable bonds is 6. The van der Waals surface area contributed by atoms with Gasteiger partial charge in [0.05, 0.1) is 19.2 Å². The third-order valence-corrected chi connectivity index (χ3v) is 3.80. The van der Waals surface area contributed by atoms with Crippen LogP contribution >= 0.6 is 15.9 Å². The zero-order valence-electron chi connectivity index (χ0n) is 12.3. The topological polar surface area (TPSA) is 72.5 Å². The highest BCUT2D eigenvalue weighted by Crippen LogP contribution is 2.21. The van der Waals surface area contributed by atoms with E-state index in [0.29, 0.717) is 21.5 Å². The first-order valence-corrected chi connectivity index (χ1v) is 7.56. The Morgan fingerprint density at radius 1 is 1.04 bits per heavy atom. The summed E-state index contributed by atoms with van der Waals surface area (Å²) >= 11 is 3.27. The molecule has 1 N–H and O–H groups in total. The van der Waals surface area contributed by atoms with Crippen LogP contribution in [0.15, 0.2) is 53.0 Å². The first-order chi connectivity index (χ1) is 11.0. The van der Waals surface area contributed by atoms with Crippen LogP contribution in [0.25, 0.3) is 0 Å². The summed E-state index contributed by atoms with van der Waals surface area (Å²) in [6.07, 6.45) is -0.484. The van der Waals surface area contributed by atoms with E-state index in [0.717, 1.165) is 0 Å². The molecule has 5 nitrogen and oxygen atoms in total. The van der Waals surface area contributed by atoms with Crippen LogP contribution in [0.3, 0.4) is 0 Å². The monoisotopic (exact) mass is 375 g/mol. The van der Waals surface area contributed by atoms with E-state index < -0.39 is 23.9 Å². The van der Waals surface area contributed by atoms with Gasteiger partial charge in [0.25, 0.3) is 5.91 Å². The smallest absolute Gasteiger partial charge is 0.292 e. The van der Waals surface area contributed by atoms with Crippen molar-refractivity contribution < 1.29 is 19.1 Å². The van der Waals surface area contributed by atoms with E-state index >= 15 is 0 Å². The van der Waals surface area contributed by atoms with Crippen molar-refractivity contribution in [1.29, 1.82) is 0 Å². The van der Waals surface area contributed by atoms with Crippen molar-refractivity contribution in [3.8, 4) is 5.75 Å². The minimum atomic E-state index is -0.821. The fraction of sp³-hybridized carbons (Fsp3) is 0.118. The summed E-state index contributed by atoms with van der Waals surface area (Å²) in [6, 6.07) is 13.3. The van der Waals surface area contributed by atoms with Crippen molar-refractivity contribution in [3.63, 3.8) is 0 Å². The van der Waals surface area contributed by atoms with Crippen LogP contribution in [0.1, 0.15) is 16.8 Å². The van der Waals surface area contributed by atoms with Gasteiger partial charge in [-0.3, -0.25) is 14.4 Å². The number of nitrogens with one attached hydrogen (secondary N) is 1. The zero-order chi connectivity index (χ0) is 16.8. The van der Waals surface area contributed by atoms with Gasteiger partial charge >= 0.3 is 0 Å². The van der Waals surface area contributed by atoms with Gasteiger partial charge in [-0.25, -0.2) is 0 Å². The van der Waals surface area contributed by atoms with Crippen LogP contribution in [0.5, 0.6) is 5.75 Å². The molecule has 0 bridgehead atoms. The molecule has 0 atom stereocenters. The van der Waals surface area contributed by atoms with E-state index in [1.807, 2.05) is 0 Å². The first kappa shape index (κ1) is 16.9. The molecule has 23 heavy (non-hydrogen) atoms. The Hall–Kier alpha value is -2.47. The van der Waals surface area contributed by atoms with Crippen LogP contribution in [0.2, 0.25) is 0 Å². The number of Topliss-reactive ketones (excluding diaryl/α,β-unsaturated/α-hetero) is 2. The van der Waals surface area contributed by atoms with Gasteiger partial charge in [-0.1, -0.05) is 12.1 Å². The molecule has 0 saturated heterocycles. The van der Waals surface area contributed by atoms with Crippen molar-refractivity contribution in [2.24, 2.45) is 0 Å². The van der Waals surface area contributed by atoms with Crippen molar-refractivity contribution >= 4 is 39.1 Å². The Kier molecular flexibility index (Phi) is 5.65. The number of benzene rings is 2. The Morgan fingerprint density at radius 2 is 1.70 bits per heavy atom. The standard InChI is InChI=1S/C17H14BrNO4/c1-23-12-8-6-11(7-9-12)15(20)10-16(21)17(22)19-14-5-3-2-4-13(14)18/h2-9H,10H2,1H3,(H,19,22). The van der Waals surface area contributed by atoms with Crippen molar-refractivity contribution in [2.75, 3.05) is 12.4 Å². The average molecular weight is 376 g/mol. The molecule has 0 fully saturated rings. The van der Waals surface area contributed by atoms with Crippen molar-refractivity contribution in [3.05, 3.63) is 58.6 Å². The van der Waals surface area contributed by atoms with Crippen molar-refractivity contribution in [1.82, 2.24) is 0 Å². The van der Waals surface area contributed by atoms with Crippen LogP contribution < -0.4 is 10.1 Å². The van der Waals surface area contributed by atoms with Crippen molar-refractivity contribution in [2.45, 2.75) is 6.42 Å². The lowest BCUT2D eigenvalue weighted by molar-refractivity contribution is -0.134. The second kappa shape index (κ2) is 7.69. The highest BCUT2D eigenvalue weighted by atomic mass is 79.9. The molecule has 0 saturated carbocycles.